The van der Waals surface area contributed by atoms with Gasteiger partial charge in [-0.3, -0.25) is 0 Å². The molecule has 0 atom stereocenters. The minimum atomic E-state index is -1.70. The molecule has 0 spiro atoms. The van der Waals surface area contributed by atoms with E-state index in [1.165, 1.54) is 69.6 Å². The van der Waals surface area contributed by atoms with Crippen molar-refractivity contribution in [1.29, 1.82) is 0 Å². The van der Waals surface area contributed by atoms with Gasteiger partial charge in [0.05, 0.1) is 0 Å². The van der Waals surface area contributed by atoms with Crippen LogP contribution in [0.15, 0.2) is 15.0 Å². The molecular weight excluding hydrogens is 306 g/mol. The van der Waals surface area contributed by atoms with Crippen LogP contribution in [0.5, 0.6) is 0 Å². The Morgan fingerprint density at radius 3 is 1.25 bits per heavy atom. The highest BCUT2D eigenvalue weighted by Crippen LogP contribution is 2.23. The topological polar surface area (TPSA) is 88.3 Å². The van der Waals surface area contributed by atoms with Crippen LogP contribution in [0.1, 0.15) is 90.4 Å². The van der Waals surface area contributed by atoms with Crippen molar-refractivity contribution in [2.75, 3.05) is 0 Å². The molecule has 0 saturated heterocycles. The van der Waals surface area contributed by atoms with Gasteiger partial charge in [-0.2, -0.15) is 15.0 Å². The molecular formula is C18H29N3O3. The van der Waals surface area contributed by atoms with Gasteiger partial charge in [0.1, 0.15) is 0 Å². The zero-order chi connectivity index (χ0) is 17.9. The van der Waals surface area contributed by atoms with Crippen LogP contribution in [-0.2, 0) is 14.4 Å². The molecule has 0 heterocycles. The molecule has 0 unspecified atom stereocenters. The highest BCUT2D eigenvalue weighted by Gasteiger charge is 2.28. The van der Waals surface area contributed by atoms with Crippen LogP contribution in [-0.4, -0.2) is 24.0 Å². The van der Waals surface area contributed by atoms with Crippen LogP contribution in [0.4, 0.5) is 0 Å². The fourth-order valence-corrected chi connectivity index (χ4v) is 2.67. The molecule has 0 aromatic rings. The van der Waals surface area contributed by atoms with E-state index in [9.17, 15) is 14.4 Å². The Hall–Kier alpha value is -1.86. The minimum Gasteiger partial charge on any atom is -0.211 e. The first-order valence-corrected chi connectivity index (χ1v) is 9.01. The highest BCUT2D eigenvalue weighted by molar-refractivity contribution is 5.42. The number of carbonyl (C=O) groups excluding carboxylic acids is 3. The first-order valence-electron chi connectivity index (χ1n) is 9.01. The predicted octanol–water partition coefficient (Wildman–Crippen LogP) is 4.74. The summed E-state index contributed by atoms with van der Waals surface area (Å²) in [7, 11) is 0. The average Bonchev–Trinajstić information content (AvgIpc) is 2.56. The van der Waals surface area contributed by atoms with E-state index in [0.717, 1.165) is 19.3 Å². The maximum absolute atomic E-state index is 10.4. The van der Waals surface area contributed by atoms with E-state index in [1.807, 2.05) is 0 Å². The molecule has 0 rings (SSSR count). The van der Waals surface area contributed by atoms with Crippen molar-refractivity contribution in [3.63, 3.8) is 0 Å². The maximum atomic E-state index is 10.4. The van der Waals surface area contributed by atoms with Gasteiger partial charge in [-0.1, -0.05) is 77.6 Å². The van der Waals surface area contributed by atoms with Crippen molar-refractivity contribution < 1.29 is 14.4 Å². The van der Waals surface area contributed by atoms with E-state index in [0.29, 0.717) is 6.42 Å². The lowest BCUT2D eigenvalue weighted by Crippen LogP contribution is -2.20. The second kappa shape index (κ2) is 16.0. The fraction of sp³-hybridized carbons (Fsp3) is 0.833. The molecule has 0 amide bonds. The predicted molar refractivity (Wildman–Crippen MR) is 92.8 cm³/mol. The SMILES string of the molecule is CCCCCCCCCCCCCCC(N=C=O)(N=C=O)N=C=O. The fourth-order valence-electron chi connectivity index (χ4n) is 2.67. The third kappa shape index (κ3) is 11.7. The quantitative estimate of drug-likeness (QED) is 0.232. The molecule has 6 nitrogen and oxygen atoms in total. The molecule has 0 fully saturated rings. The largest absolute Gasteiger partial charge is 0.277 e. The van der Waals surface area contributed by atoms with Crippen LogP contribution in [0.2, 0.25) is 0 Å². The standard InChI is InChI=1S/C18H29N3O3/c1-2-3-4-5-6-7-8-9-10-11-12-13-14-18(19-15-22,20-16-23)21-17-24/h2-14H2,1H3. The van der Waals surface area contributed by atoms with Gasteiger partial charge in [0.15, 0.2) is 0 Å². The highest BCUT2D eigenvalue weighted by atomic mass is 16.1. The number of hydrogen-bond donors (Lipinski definition) is 0. The summed E-state index contributed by atoms with van der Waals surface area (Å²) < 4.78 is 0. The molecule has 24 heavy (non-hydrogen) atoms. The van der Waals surface area contributed by atoms with Gasteiger partial charge in [0, 0.05) is 6.42 Å². The first-order chi connectivity index (χ1) is 11.7. The van der Waals surface area contributed by atoms with Gasteiger partial charge in [-0.25, -0.2) is 14.4 Å². The number of nitrogens with zero attached hydrogens (tertiary/aromatic N) is 3. The molecule has 0 aliphatic carbocycles. The lowest BCUT2D eigenvalue weighted by Gasteiger charge is -2.14. The second-order valence-electron chi connectivity index (χ2n) is 6.02. The Kier molecular flexibility index (Phi) is 14.8. The lowest BCUT2D eigenvalue weighted by molar-refractivity contribution is 0.398. The molecule has 0 aromatic carbocycles. The molecule has 134 valence electrons. The number of hydrogen-bond acceptors (Lipinski definition) is 6. The summed E-state index contributed by atoms with van der Waals surface area (Å²) in [5, 5.41) is 0. The van der Waals surface area contributed by atoms with Crippen LogP contribution >= 0.6 is 0 Å². The number of rotatable bonds is 16. The third-order valence-electron chi connectivity index (χ3n) is 4.04. The van der Waals surface area contributed by atoms with Crippen LogP contribution in [0.3, 0.4) is 0 Å². The summed E-state index contributed by atoms with van der Waals surface area (Å²) in [5.41, 5.74) is 0. The summed E-state index contributed by atoms with van der Waals surface area (Å²) >= 11 is 0. The summed E-state index contributed by atoms with van der Waals surface area (Å²) in [5.74, 6) is -1.70. The Morgan fingerprint density at radius 1 is 0.583 bits per heavy atom. The molecule has 0 N–H and O–H groups in total. The number of isocyanates is 3. The Labute approximate surface area is 144 Å². The van der Waals surface area contributed by atoms with E-state index in [2.05, 4.69) is 21.9 Å². The van der Waals surface area contributed by atoms with E-state index < -0.39 is 5.79 Å². The van der Waals surface area contributed by atoms with Crippen LogP contribution in [0, 0.1) is 0 Å². The van der Waals surface area contributed by atoms with Gasteiger partial charge < -0.3 is 0 Å². The summed E-state index contributed by atoms with van der Waals surface area (Å²) in [6.45, 7) is 2.23. The van der Waals surface area contributed by atoms with Gasteiger partial charge in [-0.15, -0.1) is 0 Å². The zero-order valence-electron chi connectivity index (χ0n) is 14.8. The Balaban J connectivity index is 3.78. The second-order valence-corrected chi connectivity index (χ2v) is 6.02. The monoisotopic (exact) mass is 335 g/mol. The molecule has 0 aliphatic rings. The average molecular weight is 335 g/mol. The molecule has 0 bridgehead atoms. The van der Waals surface area contributed by atoms with Gasteiger partial charge in [-0.05, 0) is 6.42 Å². The summed E-state index contributed by atoms with van der Waals surface area (Å²) in [4.78, 5) is 41.3. The van der Waals surface area contributed by atoms with Crippen LogP contribution in [0.25, 0.3) is 0 Å². The van der Waals surface area contributed by atoms with Crippen molar-refractivity contribution in [3.8, 4) is 0 Å². The number of unbranched alkanes of at least 4 members (excludes halogenated alkanes) is 11. The molecule has 6 heteroatoms. The van der Waals surface area contributed by atoms with E-state index in [1.54, 1.807) is 0 Å². The van der Waals surface area contributed by atoms with Crippen LogP contribution < -0.4 is 0 Å². The van der Waals surface area contributed by atoms with E-state index in [4.69, 9.17) is 0 Å². The minimum absolute atomic E-state index is 0.212. The molecule has 0 aliphatic heterocycles. The van der Waals surface area contributed by atoms with Crippen molar-refractivity contribution in [2.24, 2.45) is 15.0 Å². The smallest absolute Gasteiger partial charge is 0.211 e. The van der Waals surface area contributed by atoms with Gasteiger partial charge in [0.2, 0.25) is 18.2 Å². The zero-order valence-corrected chi connectivity index (χ0v) is 14.8. The normalized spacial score (nSPS) is 12.4. The molecule has 0 saturated carbocycles. The number of aliphatic imine (C=N–C) groups is 3. The summed E-state index contributed by atoms with van der Waals surface area (Å²) in [6.07, 6.45) is 18.4. The van der Waals surface area contributed by atoms with E-state index >= 15 is 0 Å². The van der Waals surface area contributed by atoms with Crippen molar-refractivity contribution >= 4 is 18.2 Å². The van der Waals surface area contributed by atoms with Gasteiger partial charge >= 0.3 is 0 Å². The molecule has 0 aromatic heterocycles. The maximum Gasteiger partial charge on any atom is 0.277 e. The Morgan fingerprint density at radius 2 is 0.917 bits per heavy atom. The molecule has 0 radical (unpaired) electrons. The van der Waals surface area contributed by atoms with Crippen molar-refractivity contribution in [2.45, 2.75) is 96.2 Å². The third-order valence-corrected chi connectivity index (χ3v) is 4.04. The van der Waals surface area contributed by atoms with Gasteiger partial charge in [0.25, 0.3) is 5.79 Å². The van der Waals surface area contributed by atoms with Crippen molar-refractivity contribution in [1.82, 2.24) is 0 Å². The first kappa shape index (κ1) is 22.1. The summed E-state index contributed by atoms with van der Waals surface area (Å²) in [6, 6.07) is 0. The van der Waals surface area contributed by atoms with E-state index in [-0.39, 0.29) is 6.42 Å². The Bertz CT molecular complexity index is 415. The lowest BCUT2D eigenvalue weighted by atomic mass is 10.0. The van der Waals surface area contributed by atoms with Crippen molar-refractivity contribution in [3.05, 3.63) is 0 Å².